The van der Waals surface area contributed by atoms with E-state index < -0.39 is 0 Å². The quantitative estimate of drug-likeness (QED) is 0.624. The summed E-state index contributed by atoms with van der Waals surface area (Å²) in [6.45, 7) is 5.44. The molecule has 1 aromatic carbocycles. The fraction of sp³-hybridized carbons (Fsp3) is 0.211. The van der Waals surface area contributed by atoms with Crippen molar-refractivity contribution >= 4 is 11.2 Å². The van der Waals surface area contributed by atoms with Gasteiger partial charge in [-0.25, -0.2) is 9.97 Å². The van der Waals surface area contributed by atoms with E-state index >= 15 is 0 Å². The molecule has 0 aliphatic rings. The standard InChI is InChI=1S/C19H19N5O/c1-13-5-3-6-14(2)16(13)10-24-12-23-18(17-19(24)22-11-21-17)20-9-15-7-4-8-25-15/h3-8,11-12H,9-10H2,1-2H3,(H,21,22). The summed E-state index contributed by atoms with van der Waals surface area (Å²) in [4.78, 5) is 16.7. The van der Waals surface area contributed by atoms with E-state index in [-0.39, 0.29) is 0 Å². The minimum Gasteiger partial charge on any atom is -0.467 e. The zero-order valence-corrected chi connectivity index (χ0v) is 14.2. The van der Waals surface area contributed by atoms with Gasteiger partial charge in [-0.05, 0) is 42.7 Å². The first-order valence-electron chi connectivity index (χ1n) is 8.19. The summed E-state index contributed by atoms with van der Waals surface area (Å²) in [6.07, 6.45) is 5.13. The molecule has 25 heavy (non-hydrogen) atoms. The maximum atomic E-state index is 5.33. The fourth-order valence-corrected chi connectivity index (χ4v) is 2.97. The fourth-order valence-electron chi connectivity index (χ4n) is 2.97. The maximum Gasteiger partial charge on any atom is 0.177 e. The van der Waals surface area contributed by atoms with E-state index in [9.17, 15) is 0 Å². The van der Waals surface area contributed by atoms with Crippen LogP contribution in [0.15, 0.2) is 58.7 Å². The van der Waals surface area contributed by atoms with E-state index in [4.69, 9.17) is 4.42 Å². The summed E-state index contributed by atoms with van der Waals surface area (Å²) >= 11 is 0. The van der Waals surface area contributed by atoms with Gasteiger partial charge in [0.25, 0.3) is 0 Å². The first-order valence-corrected chi connectivity index (χ1v) is 8.19. The molecule has 0 fully saturated rings. The van der Waals surface area contributed by atoms with E-state index in [2.05, 4.69) is 52.0 Å². The van der Waals surface area contributed by atoms with Crippen molar-refractivity contribution in [1.29, 1.82) is 0 Å². The van der Waals surface area contributed by atoms with Gasteiger partial charge in [-0.3, -0.25) is 4.99 Å². The molecule has 4 rings (SSSR count). The highest BCUT2D eigenvalue weighted by atomic mass is 16.3. The molecule has 126 valence electrons. The molecule has 0 saturated carbocycles. The number of furan rings is 1. The van der Waals surface area contributed by atoms with Gasteiger partial charge < -0.3 is 14.0 Å². The van der Waals surface area contributed by atoms with Gasteiger partial charge in [-0.2, -0.15) is 0 Å². The van der Waals surface area contributed by atoms with Gasteiger partial charge in [0.15, 0.2) is 11.1 Å². The Hall–Kier alpha value is -3.15. The predicted octanol–water partition coefficient (Wildman–Crippen LogP) is 3.12. The van der Waals surface area contributed by atoms with Crippen LogP contribution in [0.2, 0.25) is 0 Å². The average molecular weight is 333 g/mol. The molecular formula is C19H19N5O. The SMILES string of the molecule is Cc1cccc(C)c1Cn1cnc(=NCc2ccco2)c2[nH]cnc21. The molecule has 0 spiro atoms. The number of nitrogens with zero attached hydrogens (tertiary/aromatic N) is 4. The molecule has 0 amide bonds. The molecule has 3 heterocycles. The van der Waals surface area contributed by atoms with Gasteiger partial charge in [-0.15, -0.1) is 0 Å². The van der Waals surface area contributed by atoms with Gasteiger partial charge in [0, 0.05) is 0 Å². The molecule has 6 heteroatoms. The van der Waals surface area contributed by atoms with Gasteiger partial charge in [0.1, 0.15) is 11.3 Å². The molecule has 0 saturated heterocycles. The normalized spacial score (nSPS) is 12.2. The highest BCUT2D eigenvalue weighted by molar-refractivity contribution is 5.68. The van der Waals surface area contributed by atoms with E-state index in [1.165, 1.54) is 16.7 Å². The van der Waals surface area contributed by atoms with Crippen LogP contribution in [0.5, 0.6) is 0 Å². The second-order valence-corrected chi connectivity index (χ2v) is 6.06. The van der Waals surface area contributed by atoms with E-state index in [1.807, 2.05) is 16.7 Å². The Balaban J connectivity index is 1.74. The Labute approximate surface area is 144 Å². The van der Waals surface area contributed by atoms with Crippen LogP contribution < -0.4 is 5.49 Å². The molecule has 6 nitrogen and oxygen atoms in total. The van der Waals surface area contributed by atoms with E-state index in [0.29, 0.717) is 12.0 Å². The van der Waals surface area contributed by atoms with Crippen molar-refractivity contribution in [3.8, 4) is 0 Å². The van der Waals surface area contributed by atoms with Crippen LogP contribution in [0, 0.1) is 13.8 Å². The molecular weight excluding hydrogens is 314 g/mol. The number of aromatic amines is 1. The second-order valence-electron chi connectivity index (χ2n) is 6.06. The number of fused-ring (bicyclic) bond motifs is 1. The Kier molecular flexibility index (Phi) is 3.93. The van der Waals surface area contributed by atoms with Crippen molar-refractivity contribution in [2.45, 2.75) is 26.9 Å². The van der Waals surface area contributed by atoms with Crippen LogP contribution in [0.3, 0.4) is 0 Å². The molecule has 0 unspecified atom stereocenters. The largest absolute Gasteiger partial charge is 0.467 e. The van der Waals surface area contributed by atoms with Gasteiger partial charge >= 0.3 is 0 Å². The zero-order chi connectivity index (χ0) is 17.2. The van der Waals surface area contributed by atoms with Crippen molar-refractivity contribution in [1.82, 2.24) is 19.5 Å². The second kappa shape index (κ2) is 6.39. The van der Waals surface area contributed by atoms with Crippen LogP contribution in [0.4, 0.5) is 0 Å². The number of hydrogen-bond acceptors (Lipinski definition) is 4. The van der Waals surface area contributed by atoms with Crippen molar-refractivity contribution in [3.63, 3.8) is 0 Å². The summed E-state index contributed by atoms with van der Waals surface area (Å²) in [6, 6.07) is 10.1. The van der Waals surface area contributed by atoms with Gasteiger partial charge in [-0.1, -0.05) is 18.2 Å². The van der Waals surface area contributed by atoms with Crippen LogP contribution >= 0.6 is 0 Å². The highest BCUT2D eigenvalue weighted by Crippen LogP contribution is 2.16. The first-order chi connectivity index (χ1) is 12.2. The number of aryl methyl sites for hydroxylation is 2. The summed E-state index contributed by atoms with van der Waals surface area (Å²) < 4.78 is 7.37. The summed E-state index contributed by atoms with van der Waals surface area (Å²) in [5.41, 5.74) is 6.14. The molecule has 1 N–H and O–H groups in total. The number of benzene rings is 1. The number of imidazole rings is 1. The van der Waals surface area contributed by atoms with Crippen LogP contribution in [-0.2, 0) is 13.1 Å². The maximum absolute atomic E-state index is 5.33. The lowest BCUT2D eigenvalue weighted by atomic mass is 10.0. The molecule has 0 aliphatic carbocycles. The Morgan fingerprint density at radius 1 is 1.12 bits per heavy atom. The van der Waals surface area contributed by atoms with E-state index in [1.54, 1.807) is 18.9 Å². The number of H-pyrrole nitrogens is 1. The topological polar surface area (TPSA) is 72.0 Å². The number of rotatable bonds is 4. The van der Waals surface area contributed by atoms with Crippen molar-refractivity contribution in [2.75, 3.05) is 0 Å². The summed E-state index contributed by atoms with van der Waals surface area (Å²) in [5, 5.41) is 0. The third-order valence-electron chi connectivity index (χ3n) is 4.37. The Morgan fingerprint density at radius 3 is 2.72 bits per heavy atom. The number of nitrogens with one attached hydrogen (secondary N) is 1. The molecule has 0 atom stereocenters. The van der Waals surface area contributed by atoms with Gasteiger partial charge in [0.05, 0.1) is 32.0 Å². The Bertz CT molecular complexity index is 1050. The van der Waals surface area contributed by atoms with Crippen LogP contribution in [0.25, 0.3) is 11.2 Å². The first kappa shape index (κ1) is 15.4. The third kappa shape index (κ3) is 2.98. The van der Waals surface area contributed by atoms with Crippen LogP contribution in [-0.4, -0.2) is 19.5 Å². The Morgan fingerprint density at radius 2 is 1.96 bits per heavy atom. The van der Waals surface area contributed by atoms with Gasteiger partial charge in [0.2, 0.25) is 0 Å². The lowest BCUT2D eigenvalue weighted by Gasteiger charge is -2.12. The molecule has 0 bridgehead atoms. The molecule has 0 aliphatic heterocycles. The lowest BCUT2D eigenvalue weighted by molar-refractivity contribution is 0.510. The minimum atomic E-state index is 0.453. The smallest absolute Gasteiger partial charge is 0.177 e. The average Bonchev–Trinajstić information content (AvgIpc) is 3.28. The van der Waals surface area contributed by atoms with Crippen LogP contribution in [0.1, 0.15) is 22.5 Å². The lowest BCUT2D eigenvalue weighted by Crippen LogP contribution is -2.16. The zero-order valence-electron chi connectivity index (χ0n) is 14.2. The van der Waals surface area contributed by atoms with Crippen molar-refractivity contribution in [3.05, 3.63) is 77.2 Å². The summed E-state index contributed by atoms with van der Waals surface area (Å²) in [7, 11) is 0. The minimum absolute atomic E-state index is 0.453. The van der Waals surface area contributed by atoms with Crippen molar-refractivity contribution in [2.24, 2.45) is 4.99 Å². The van der Waals surface area contributed by atoms with Crippen molar-refractivity contribution < 1.29 is 4.42 Å². The molecule has 4 aromatic rings. The number of hydrogen-bond donors (Lipinski definition) is 1. The monoisotopic (exact) mass is 333 g/mol. The number of aromatic nitrogens is 4. The molecule has 3 aromatic heterocycles. The molecule has 0 radical (unpaired) electrons. The highest BCUT2D eigenvalue weighted by Gasteiger charge is 2.09. The predicted molar refractivity (Wildman–Crippen MR) is 94.9 cm³/mol. The summed E-state index contributed by atoms with van der Waals surface area (Å²) in [5.74, 6) is 0.807. The van der Waals surface area contributed by atoms with E-state index in [0.717, 1.165) is 23.5 Å². The third-order valence-corrected chi connectivity index (χ3v) is 4.37.